The van der Waals surface area contributed by atoms with Crippen molar-refractivity contribution in [1.29, 1.82) is 5.26 Å². The molecule has 24 heavy (non-hydrogen) atoms. The molecule has 7 heteroatoms. The highest BCUT2D eigenvalue weighted by atomic mass is 32.1. The predicted octanol–water partition coefficient (Wildman–Crippen LogP) is 2.33. The molecule has 1 aliphatic rings. The Labute approximate surface area is 143 Å². The monoisotopic (exact) mass is 340 g/mol. The Morgan fingerprint density at radius 2 is 2.21 bits per heavy atom. The number of hydrogen-bond donors (Lipinski definition) is 1. The first kappa shape index (κ1) is 16.1. The van der Waals surface area contributed by atoms with Crippen molar-refractivity contribution in [3.8, 4) is 6.07 Å². The standard InChI is InChI=1S/C17H16N4O2S/c1-11-19-14(10-24-11)6-7-21-15(22)17(2,20-16(21)23)13-5-3-4-12(8-13)9-18/h3-5,8,10H,6-7H2,1-2H3,(H,20,23). The SMILES string of the molecule is Cc1nc(CCN2C(=O)NC(C)(c3cccc(C#N)c3)C2=O)cs1. The lowest BCUT2D eigenvalue weighted by Gasteiger charge is -2.22. The summed E-state index contributed by atoms with van der Waals surface area (Å²) < 4.78 is 0. The van der Waals surface area contributed by atoms with Crippen LogP contribution in [0.25, 0.3) is 0 Å². The van der Waals surface area contributed by atoms with Crippen molar-refractivity contribution in [1.82, 2.24) is 15.2 Å². The summed E-state index contributed by atoms with van der Waals surface area (Å²) in [5.41, 5.74) is 0.777. The lowest BCUT2D eigenvalue weighted by atomic mass is 9.91. The first-order valence-corrected chi connectivity index (χ1v) is 8.38. The summed E-state index contributed by atoms with van der Waals surface area (Å²) in [4.78, 5) is 30.6. The second-order valence-electron chi connectivity index (χ2n) is 5.81. The van der Waals surface area contributed by atoms with Gasteiger partial charge in [-0.2, -0.15) is 5.26 Å². The zero-order valence-corrected chi connectivity index (χ0v) is 14.2. The van der Waals surface area contributed by atoms with Gasteiger partial charge in [0.05, 0.1) is 22.3 Å². The van der Waals surface area contributed by atoms with Crippen molar-refractivity contribution >= 4 is 23.3 Å². The first-order chi connectivity index (χ1) is 11.4. The number of thiazole rings is 1. The number of nitrogens with zero attached hydrogens (tertiary/aromatic N) is 3. The largest absolute Gasteiger partial charge is 0.325 e. The number of nitriles is 1. The number of aryl methyl sites for hydroxylation is 1. The Hall–Kier alpha value is -2.72. The summed E-state index contributed by atoms with van der Waals surface area (Å²) >= 11 is 1.54. The molecule has 1 saturated heterocycles. The molecule has 0 spiro atoms. The van der Waals surface area contributed by atoms with Crippen molar-refractivity contribution in [2.75, 3.05) is 6.54 Å². The fourth-order valence-corrected chi connectivity index (χ4v) is 3.39. The predicted molar refractivity (Wildman–Crippen MR) is 89.3 cm³/mol. The number of urea groups is 1. The van der Waals surface area contributed by atoms with Gasteiger partial charge in [0.25, 0.3) is 5.91 Å². The van der Waals surface area contributed by atoms with E-state index >= 15 is 0 Å². The zero-order chi connectivity index (χ0) is 17.3. The molecule has 1 atom stereocenters. The van der Waals surface area contributed by atoms with E-state index in [1.165, 1.54) is 4.90 Å². The molecule has 2 aromatic rings. The third-order valence-electron chi connectivity index (χ3n) is 4.10. The number of rotatable bonds is 4. The Morgan fingerprint density at radius 1 is 1.42 bits per heavy atom. The summed E-state index contributed by atoms with van der Waals surface area (Å²) in [6.45, 7) is 3.86. The molecule has 0 radical (unpaired) electrons. The van der Waals surface area contributed by atoms with Gasteiger partial charge in [-0.25, -0.2) is 9.78 Å². The molecule has 1 N–H and O–H groups in total. The molecule has 0 saturated carbocycles. The van der Waals surface area contributed by atoms with Crippen molar-refractivity contribution in [2.45, 2.75) is 25.8 Å². The maximum absolute atomic E-state index is 12.8. The van der Waals surface area contributed by atoms with Crippen LogP contribution in [0.1, 0.15) is 28.8 Å². The van der Waals surface area contributed by atoms with Gasteiger partial charge in [-0.3, -0.25) is 9.69 Å². The molecule has 6 nitrogen and oxygen atoms in total. The molecule has 1 aliphatic heterocycles. The smallest absolute Gasteiger partial charge is 0.319 e. The normalized spacial score (nSPS) is 20.1. The maximum atomic E-state index is 12.8. The molecule has 0 aliphatic carbocycles. The van der Waals surface area contributed by atoms with Gasteiger partial charge in [-0.05, 0) is 31.5 Å². The molecule has 1 fully saturated rings. The number of hydrogen-bond acceptors (Lipinski definition) is 5. The van der Waals surface area contributed by atoms with E-state index in [9.17, 15) is 9.59 Å². The molecule has 3 amide bonds. The van der Waals surface area contributed by atoms with Crippen LogP contribution < -0.4 is 5.32 Å². The van der Waals surface area contributed by atoms with Gasteiger partial charge >= 0.3 is 6.03 Å². The summed E-state index contributed by atoms with van der Waals surface area (Å²) in [6.07, 6.45) is 0.526. The van der Waals surface area contributed by atoms with Crippen LogP contribution in [0.3, 0.4) is 0 Å². The molecule has 122 valence electrons. The van der Waals surface area contributed by atoms with Gasteiger partial charge in [0.15, 0.2) is 0 Å². The molecular formula is C17H16N4O2S. The van der Waals surface area contributed by atoms with Crippen LogP contribution in [0, 0.1) is 18.3 Å². The van der Waals surface area contributed by atoms with E-state index in [4.69, 9.17) is 5.26 Å². The fraction of sp³-hybridized carbons (Fsp3) is 0.294. The molecule has 3 rings (SSSR count). The van der Waals surface area contributed by atoms with Crippen molar-refractivity contribution in [3.05, 3.63) is 51.5 Å². The van der Waals surface area contributed by atoms with Crippen LogP contribution in [-0.4, -0.2) is 28.4 Å². The maximum Gasteiger partial charge on any atom is 0.325 e. The number of carbonyl (C=O) groups excluding carboxylic acids is 2. The van der Waals surface area contributed by atoms with Crippen molar-refractivity contribution < 1.29 is 9.59 Å². The molecule has 1 unspecified atom stereocenters. The minimum Gasteiger partial charge on any atom is -0.319 e. The number of amides is 3. The highest BCUT2D eigenvalue weighted by Crippen LogP contribution is 2.29. The molecular weight excluding hydrogens is 324 g/mol. The Morgan fingerprint density at radius 3 is 2.88 bits per heavy atom. The van der Waals surface area contributed by atoms with Gasteiger partial charge in [0.1, 0.15) is 5.54 Å². The van der Waals surface area contributed by atoms with Gasteiger partial charge in [-0.15, -0.1) is 11.3 Å². The van der Waals surface area contributed by atoms with Gasteiger partial charge in [-0.1, -0.05) is 12.1 Å². The van der Waals surface area contributed by atoms with Crippen molar-refractivity contribution in [2.24, 2.45) is 0 Å². The topological polar surface area (TPSA) is 86.1 Å². The summed E-state index contributed by atoms with van der Waals surface area (Å²) in [5, 5.41) is 14.7. The zero-order valence-electron chi connectivity index (χ0n) is 13.4. The molecule has 0 bridgehead atoms. The average molecular weight is 340 g/mol. The highest BCUT2D eigenvalue weighted by molar-refractivity contribution is 7.09. The first-order valence-electron chi connectivity index (χ1n) is 7.50. The van der Waals surface area contributed by atoms with Crippen LogP contribution in [0.2, 0.25) is 0 Å². The quantitative estimate of drug-likeness (QED) is 0.866. The second-order valence-corrected chi connectivity index (χ2v) is 6.87. The fourth-order valence-electron chi connectivity index (χ4n) is 2.74. The second kappa shape index (κ2) is 6.06. The number of nitrogens with one attached hydrogen (secondary N) is 1. The lowest BCUT2D eigenvalue weighted by Crippen LogP contribution is -2.41. The van der Waals surface area contributed by atoms with Crippen LogP contribution in [0.4, 0.5) is 4.79 Å². The summed E-state index contributed by atoms with van der Waals surface area (Å²) in [6, 6.07) is 8.37. The third-order valence-corrected chi connectivity index (χ3v) is 4.92. The molecule has 1 aromatic heterocycles. The van der Waals surface area contributed by atoms with E-state index < -0.39 is 11.6 Å². The third kappa shape index (κ3) is 2.76. The average Bonchev–Trinajstić information content (AvgIpc) is 3.08. The number of benzene rings is 1. The van der Waals surface area contributed by atoms with Crippen LogP contribution >= 0.6 is 11.3 Å². The summed E-state index contributed by atoms with van der Waals surface area (Å²) in [5.74, 6) is -0.311. The number of imide groups is 1. The van der Waals surface area contributed by atoms with E-state index in [0.29, 0.717) is 17.5 Å². The van der Waals surface area contributed by atoms with Gasteiger partial charge < -0.3 is 5.32 Å². The van der Waals surface area contributed by atoms with E-state index in [1.807, 2.05) is 18.4 Å². The summed E-state index contributed by atoms with van der Waals surface area (Å²) in [7, 11) is 0. The number of aromatic nitrogens is 1. The molecule has 2 heterocycles. The van der Waals surface area contributed by atoms with Crippen LogP contribution in [0.15, 0.2) is 29.6 Å². The van der Waals surface area contributed by atoms with E-state index in [-0.39, 0.29) is 12.5 Å². The van der Waals surface area contributed by atoms with Crippen LogP contribution in [-0.2, 0) is 16.8 Å². The minimum atomic E-state index is -1.15. The van der Waals surface area contributed by atoms with Crippen molar-refractivity contribution in [3.63, 3.8) is 0 Å². The van der Waals surface area contributed by atoms with E-state index in [1.54, 1.807) is 42.5 Å². The Kier molecular flexibility index (Phi) is 4.08. The highest BCUT2D eigenvalue weighted by Gasteiger charge is 2.48. The van der Waals surface area contributed by atoms with E-state index in [0.717, 1.165) is 10.7 Å². The number of carbonyl (C=O) groups is 2. The molecule has 1 aromatic carbocycles. The van der Waals surface area contributed by atoms with E-state index in [2.05, 4.69) is 10.3 Å². The lowest BCUT2D eigenvalue weighted by molar-refractivity contribution is -0.131. The van der Waals surface area contributed by atoms with Gasteiger partial charge in [0, 0.05) is 18.3 Å². The Bertz CT molecular complexity index is 854. The van der Waals surface area contributed by atoms with Gasteiger partial charge in [0.2, 0.25) is 0 Å². The van der Waals surface area contributed by atoms with Crippen LogP contribution in [0.5, 0.6) is 0 Å². The Balaban J connectivity index is 1.81. The minimum absolute atomic E-state index is 0.279.